The summed E-state index contributed by atoms with van der Waals surface area (Å²) in [7, 11) is -4.58. The largest absolute Gasteiger partial charge is 0.559 e. The van der Waals surface area contributed by atoms with Crippen LogP contribution in [0.25, 0.3) is 0 Å². The van der Waals surface area contributed by atoms with E-state index in [9.17, 15) is 63.1 Å². The number of ketones is 1. The summed E-state index contributed by atoms with van der Waals surface area (Å²) >= 11 is 0. The predicted octanol–water partition coefficient (Wildman–Crippen LogP) is 4.46. The van der Waals surface area contributed by atoms with Crippen LogP contribution < -0.4 is 0 Å². The van der Waals surface area contributed by atoms with Crippen molar-refractivity contribution in [3.63, 3.8) is 0 Å². The molecule has 0 amide bonds. The van der Waals surface area contributed by atoms with Crippen molar-refractivity contribution in [2.45, 2.75) is 48.9 Å². The first-order valence-electron chi connectivity index (χ1n) is 7.15. The highest BCUT2D eigenvalue weighted by Gasteiger charge is 2.66. The molecule has 0 aliphatic heterocycles. The number of ether oxygens (including phenoxy) is 1. The molecule has 194 valence electrons. The van der Waals surface area contributed by atoms with Crippen molar-refractivity contribution in [2.75, 3.05) is 6.67 Å². The Labute approximate surface area is 172 Å². The summed E-state index contributed by atoms with van der Waals surface area (Å²) in [5, 5.41) is 26.7. The number of hydrogen-bond donors (Lipinski definition) is 4. The first-order chi connectivity index (χ1) is 14.2. The normalized spacial score (nSPS) is 18.0. The molecule has 32 heavy (non-hydrogen) atoms. The minimum absolute atomic E-state index is 0.911. The van der Waals surface area contributed by atoms with Crippen LogP contribution >= 0.6 is 17.2 Å². The minimum atomic E-state index is -6.29. The van der Waals surface area contributed by atoms with Crippen LogP contribution in [0.3, 0.4) is 0 Å². The van der Waals surface area contributed by atoms with E-state index < -0.39 is 78.6 Å². The van der Waals surface area contributed by atoms with Crippen molar-refractivity contribution < 1.29 is 92.7 Å². The van der Waals surface area contributed by atoms with Crippen LogP contribution in [-0.4, -0.2) is 62.6 Å². The van der Waals surface area contributed by atoms with Gasteiger partial charge in [-0.2, -0.15) is 35.7 Å². The molecule has 4 N–H and O–H groups in total. The van der Waals surface area contributed by atoms with E-state index >= 15 is 0 Å². The van der Waals surface area contributed by atoms with Crippen molar-refractivity contribution >= 4 is 23.0 Å². The topological polar surface area (TPSA) is 135 Å². The van der Waals surface area contributed by atoms with Crippen LogP contribution in [0, 0.1) is 0 Å². The van der Waals surface area contributed by atoms with Crippen LogP contribution in [0.5, 0.6) is 0 Å². The number of carbonyl (C=O) groups excluding carboxylic acids is 1. The Hall–Kier alpha value is -0.560. The average molecular weight is 548 g/mol. The van der Waals surface area contributed by atoms with Crippen LogP contribution in [-0.2, 0) is 23.9 Å². The van der Waals surface area contributed by atoms with Crippen LogP contribution in [0.4, 0.5) is 48.3 Å². The van der Waals surface area contributed by atoms with Gasteiger partial charge in [-0.1, -0.05) is 5.04 Å². The maximum atomic E-state index is 13.8. The zero-order chi connectivity index (χ0) is 26.0. The van der Waals surface area contributed by atoms with Crippen LogP contribution in [0.15, 0.2) is 0 Å². The van der Waals surface area contributed by atoms with E-state index in [1.807, 2.05) is 0 Å². The molecule has 0 fully saturated rings. The van der Waals surface area contributed by atoms with E-state index in [1.165, 1.54) is 0 Å². The summed E-state index contributed by atoms with van der Waals surface area (Å²) in [4.78, 5) is 20.7. The van der Waals surface area contributed by atoms with Crippen LogP contribution in [0.2, 0.25) is 0 Å². The number of carbonyl (C=O) groups is 1. The lowest BCUT2D eigenvalue weighted by Crippen LogP contribution is -2.54. The van der Waals surface area contributed by atoms with E-state index in [0.717, 1.165) is 0 Å². The molecule has 0 aliphatic rings. The molecule has 0 aromatic heterocycles. The monoisotopic (exact) mass is 548 g/mol. The number of alkyl halides is 11. The molecular weight excluding hydrogens is 535 g/mol. The molecule has 4 unspecified atom stereocenters. The Morgan fingerprint density at radius 1 is 0.969 bits per heavy atom. The third kappa shape index (κ3) is 12.6. The lowest BCUT2D eigenvalue weighted by atomic mass is 10.1. The molecule has 0 heterocycles. The molecule has 0 aliphatic carbocycles. The van der Waals surface area contributed by atoms with Gasteiger partial charge in [0.1, 0.15) is 8.81 Å². The molecule has 0 bridgehead atoms. The Bertz CT molecular complexity index is 561. The zero-order valence-corrected chi connectivity index (χ0v) is 16.7. The van der Waals surface area contributed by atoms with Crippen molar-refractivity contribution in [3.8, 4) is 0 Å². The van der Waals surface area contributed by atoms with Gasteiger partial charge >= 0.3 is 24.6 Å². The van der Waals surface area contributed by atoms with Gasteiger partial charge in [-0.3, -0.25) is 9.53 Å². The van der Waals surface area contributed by atoms with Gasteiger partial charge in [0.2, 0.25) is 14.2 Å². The molecule has 0 radical (unpaired) electrons. The lowest BCUT2D eigenvalue weighted by Gasteiger charge is -2.30. The van der Waals surface area contributed by atoms with Crippen molar-refractivity contribution in [3.05, 3.63) is 0 Å². The summed E-state index contributed by atoms with van der Waals surface area (Å²) in [5.41, 5.74) is 0. The molecule has 0 spiro atoms. The average Bonchev–Trinajstić information content (AvgIpc) is 2.62. The van der Waals surface area contributed by atoms with Gasteiger partial charge in [0.25, 0.3) is 0 Å². The summed E-state index contributed by atoms with van der Waals surface area (Å²) < 4.78 is 138. The maximum Gasteiger partial charge on any atom is 0.559 e. The van der Waals surface area contributed by atoms with Crippen molar-refractivity contribution in [2.24, 2.45) is 0 Å². The fourth-order valence-electron chi connectivity index (χ4n) is 1.50. The Morgan fingerprint density at radius 2 is 1.44 bits per heavy atom. The molecule has 0 aromatic rings. The highest BCUT2D eigenvalue weighted by atomic mass is 31.2. The van der Waals surface area contributed by atoms with Gasteiger partial charge in [0.05, 0.1) is 0 Å². The fraction of sp³-hybridized carbons (Fsp3) is 0.900. The van der Waals surface area contributed by atoms with Gasteiger partial charge in [-0.25, -0.2) is 14.9 Å². The number of aliphatic hydroxyl groups is 1. The van der Waals surface area contributed by atoms with Gasteiger partial charge in [0.15, 0.2) is 11.8 Å². The molecule has 0 saturated heterocycles. The molecule has 0 rings (SSSR count). The van der Waals surface area contributed by atoms with E-state index in [0.29, 0.717) is 0 Å². The van der Waals surface area contributed by atoms with Gasteiger partial charge in [-0.15, -0.1) is 17.6 Å². The number of hydrogen-bond acceptors (Lipinski definition) is 9. The summed E-state index contributed by atoms with van der Waals surface area (Å²) in [5.74, 6) is -8.13. The first-order valence-corrected chi connectivity index (χ1v) is 9.27. The number of halogens is 11. The number of Topliss-reactive ketones (excluding diaryl/α,β-unsaturated/α-hetero) is 1. The van der Waals surface area contributed by atoms with Gasteiger partial charge in [0, 0.05) is 6.42 Å². The molecule has 0 aromatic carbocycles. The predicted molar refractivity (Wildman–Crippen MR) is 78.8 cm³/mol. The Balaban J connectivity index is 0. The molecule has 9 nitrogen and oxygen atoms in total. The second-order valence-corrected chi connectivity index (χ2v) is 8.17. The SMILES string of the molecule is FC(F)(F)F.O=C(CCCC(O)(POOO)P(O)OO)C(F)(OC(F)(F)CF)C(F)(F)F. The molecule has 4 atom stereocenters. The van der Waals surface area contributed by atoms with E-state index in [2.05, 4.69) is 19.1 Å². The second-order valence-electron chi connectivity index (χ2n) is 5.10. The van der Waals surface area contributed by atoms with E-state index in [4.69, 9.17) is 10.5 Å². The maximum absolute atomic E-state index is 13.8. The minimum Gasteiger partial charge on any atom is -0.374 e. The number of rotatable bonds is 13. The molecular formula is C10H13F11O9P2. The van der Waals surface area contributed by atoms with Crippen molar-refractivity contribution in [1.29, 1.82) is 0 Å². The van der Waals surface area contributed by atoms with Gasteiger partial charge in [-0.05, 0) is 12.8 Å². The standard InChI is InChI=1S/C9H13F7O9P2.CF4/c10-4-6(11,12)22-8(13,9(14,15)16)5(17)2-1-3-7(18,26-25-23-19)27(21)24-20;2-1(3,4)5/h18-21,26H,1-4H2;. The third-order valence-corrected chi connectivity index (χ3v) is 5.33. The van der Waals surface area contributed by atoms with Crippen molar-refractivity contribution in [1.82, 2.24) is 0 Å². The molecule has 22 heteroatoms. The van der Waals surface area contributed by atoms with Gasteiger partial charge < -0.3 is 10.00 Å². The second kappa shape index (κ2) is 13.4. The quantitative estimate of drug-likeness (QED) is 0.114. The lowest BCUT2D eigenvalue weighted by molar-refractivity contribution is -0.436. The summed E-state index contributed by atoms with van der Waals surface area (Å²) in [6.07, 6.45) is -20.4. The smallest absolute Gasteiger partial charge is 0.374 e. The summed E-state index contributed by atoms with van der Waals surface area (Å²) in [6.45, 7) is -2.84. The highest BCUT2D eigenvalue weighted by molar-refractivity contribution is 7.61. The third-order valence-electron chi connectivity index (χ3n) is 2.73. The molecule has 0 saturated carbocycles. The fourth-order valence-corrected chi connectivity index (χ4v) is 2.98. The highest BCUT2D eigenvalue weighted by Crippen LogP contribution is 2.57. The Kier molecular flexibility index (Phi) is 14.0. The summed E-state index contributed by atoms with van der Waals surface area (Å²) in [6, 6.07) is 0. The van der Waals surface area contributed by atoms with Crippen LogP contribution in [0.1, 0.15) is 19.3 Å². The van der Waals surface area contributed by atoms with E-state index in [1.54, 1.807) is 0 Å². The first kappa shape index (κ1) is 33.6. The van der Waals surface area contributed by atoms with E-state index in [-0.39, 0.29) is 0 Å². The zero-order valence-electron chi connectivity index (χ0n) is 14.8. The Morgan fingerprint density at radius 3 is 1.78 bits per heavy atom.